The summed E-state index contributed by atoms with van der Waals surface area (Å²) < 4.78 is 7.34. The first-order valence-electron chi connectivity index (χ1n) is 8.65. The topological polar surface area (TPSA) is 68.2 Å². The molecule has 2 N–H and O–H groups in total. The van der Waals surface area contributed by atoms with Crippen molar-refractivity contribution in [3.05, 3.63) is 41.6 Å². The van der Waals surface area contributed by atoms with Crippen molar-refractivity contribution in [1.29, 1.82) is 0 Å². The molecule has 0 aliphatic carbocycles. The zero-order valence-corrected chi connectivity index (χ0v) is 15.3. The first kappa shape index (κ1) is 17.6. The summed E-state index contributed by atoms with van der Waals surface area (Å²) in [5, 5.41) is 10.9. The summed E-state index contributed by atoms with van der Waals surface area (Å²) in [4.78, 5) is 12.6. The van der Waals surface area contributed by atoms with Gasteiger partial charge in [-0.15, -0.1) is 0 Å². The molecule has 0 radical (unpaired) electrons. The van der Waals surface area contributed by atoms with Crippen LogP contribution < -0.4 is 10.6 Å². The molecule has 0 saturated carbocycles. The summed E-state index contributed by atoms with van der Waals surface area (Å²) in [5.74, 6) is 0.510. The molecule has 2 heterocycles. The summed E-state index contributed by atoms with van der Waals surface area (Å²) in [5.41, 5.74) is 2.88. The first-order chi connectivity index (χ1) is 11.8. The van der Waals surface area contributed by atoms with E-state index in [1.165, 1.54) is 0 Å². The standard InChI is InChI=1S/C19H26N4O2/c1-13-6-5-7-14(10-13)23-17(11-16(22-23)19(2,3)4)21-18(24)15-12-20-8-9-25-15/h5-7,10-11,15,20H,8-9,12H2,1-4H3,(H,21,24). The quantitative estimate of drug-likeness (QED) is 0.899. The van der Waals surface area contributed by atoms with Crippen LogP contribution in [0.2, 0.25) is 0 Å². The molecule has 1 saturated heterocycles. The smallest absolute Gasteiger partial charge is 0.255 e. The second-order valence-electron chi connectivity index (χ2n) is 7.47. The van der Waals surface area contributed by atoms with Crippen molar-refractivity contribution in [3.8, 4) is 5.69 Å². The third-order valence-corrected chi connectivity index (χ3v) is 4.20. The molecule has 1 atom stereocenters. The number of amides is 1. The van der Waals surface area contributed by atoms with Crippen LogP contribution in [0.4, 0.5) is 5.82 Å². The molecule has 134 valence electrons. The lowest BCUT2D eigenvalue weighted by atomic mass is 9.92. The average molecular weight is 342 g/mol. The number of hydrogen-bond acceptors (Lipinski definition) is 4. The van der Waals surface area contributed by atoms with Crippen LogP contribution in [0.5, 0.6) is 0 Å². The van der Waals surface area contributed by atoms with E-state index >= 15 is 0 Å². The van der Waals surface area contributed by atoms with Crippen LogP contribution in [0.1, 0.15) is 32.0 Å². The summed E-state index contributed by atoms with van der Waals surface area (Å²) >= 11 is 0. The number of carbonyl (C=O) groups is 1. The van der Waals surface area contributed by atoms with Gasteiger partial charge >= 0.3 is 0 Å². The van der Waals surface area contributed by atoms with Gasteiger partial charge in [0.1, 0.15) is 11.9 Å². The first-order valence-corrected chi connectivity index (χ1v) is 8.65. The van der Waals surface area contributed by atoms with Crippen molar-refractivity contribution in [1.82, 2.24) is 15.1 Å². The maximum atomic E-state index is 12.6. The van der Waals surface area contributed by atoms with E-state index in [0.29, 0.717) is 19.0 Å². The van der Waals surface area contributed by atoms with E-state index in [9.17, 15) is 4.79 Å². The molecule has 1 aliphatic rings. The van der Waals surface area contributed by atoms with Gasteiger partial charge in [-0.1, -0.05) is 32.9 Å². The van der Waals surface area contributed by atoms with Crippen molar-refractivity contribution in [2.45, 2.75) is 39.2 Å². The van der Waals surface area contributed by atoms with Gasteiger partial charge in [0.25, 0.3) is 5.91 Å². The van der Waals surface area contributed by atoms with E-state index in [-0.39, 0.29) is 11.3 Å². The van der Waals surface area contributed by atoms with Crippen molar-refractivity contribution in [3.63, 3.8) is 0 Å². The van der Waals surface area contributed by atoms with Gasteiger partial charge in [0, 0.05) is 24.6 Å². The average Bonchev–Trinajstić information content (AvgIpc) is 3.00. The highest BCUT2D eigenvalue weighted by atomic mass is 16.5. The lowest BCUT2D eigenvalue weighted by molar-refractivity contribution is -0.128. The Hall–Kier alpha value is -2.18. The second kappa shape index (κ2) is 6.98. The van der Waals surface area contributed by atoms with Crippen molar-refractivity contribution in [2.24, 2.45) is 0 Å². The van der Waals surface area contributed by atoms with Gasteiger partial charge in [0.15, 0.2) is 0 Å². The summed E-state index contributed by atoms with van der Waals surface area (Å²) in [6.07, 6.45) is -0.479. The number of hydrogen-bond donors (Lipinski definition) is 2. The van der Waals surface area contributed by atoms with Crippen LogP contribution in [0.3, 0.4) is 0 Å². The maximum Gasteiger partial charge on any atom is 0.255 e. The third-order valence-electron chi connectivity index (χ3n) is 4.20. The molecule has 6 nitrogen and oxygen atoms in total. The Balaban J connectivity index is 1.93. The number of anilines is 1. The number of morpholine rings is 1. The maximum absolute atomic E-state index is 12.6. The Kier molecular flexibility index (Phi) is 4.92. The number of rotatable bonds is 3. The number of ether oxygens (including phenoxy) is 1. The Bertz CT molecular complexity index is 755. The molecule has 1 amide bonds. The lowest BCUT2D eigenvalue weighted by Crippen LogP contribution is -2.45. The fourth-order valence-corrected chi connectivity index (χ4v) is 2.73. The summed E-state index contributed by atoms with van der Waals surface area (Å²) in [6.45, 7) is 10.2. The molecule has 1 aromatic heterocycles. The van der Waals surface area contributed by atoms with E-state index in [2.05, 4.69) is 31.4 Å². The Morgan fingerprint density at radius 2 is 2.16 bits per heavy atom. The van der Waals surface area contributed by atoms with Gasteiger partial charge in [-0.25, -0.2) is 4.68 Å². The molecule has 3 rings (SSSR count). The molecule has 1 fully saturated rings. The number of carbonyl (C=O) groups excluding carboxylic acids is 1. The molecular weight excluding hydrogens is 316 g/mol. The zero-order valence-electron chi connectivity index (χ0n) is 15.3. The van der Waals surface area contributed by atoms with Gasteiger partial charge in [-0.2, -0.15) is 5.10 Å². The molecule has 1 unspecified atom stereocenters. The molecule has 1 aromatic carbocycles. The molecule has 6 heteroatoms. The fourth-order valence-electron chi connectivity index (χ4n) is 2.73. The van der Waals surface area contributed by atoms with Crippen molar-refractivity contribution in [2.75, 3.05) is 25.0 Å². The van der Waals surface area contributed by atoms with Gasteiger partial charge in [-0.3, -0.25) is 4.79 Å². The highest BCUT2D eigenvalue weighted by Gasteiger charge is 2.25. The zero-order chi connectivity index (χ0) is 18.0. The van der Waals surface area contributed by atoms with E-state index in [1.807, 2.05) is 37.3 Å². The minimum Gasteiger partial charge on any atom is -0.366 e. The molecule has 0 bridgehead atoms. The van der Waals surface area contributed by atoms with Crippen LogP contribution in [0.15, 0.2) is 30.3 Å². The summed E-state index contributed by atoms with van der Waals surface area (Å²) in [6, 6.07) is 10.0. The third kappa shape index (κ3) is 4.08. The van der Waals surface area contributed by atoms with Gasteiger partial charge in [-0.05, 0) is 24.6 Å². The Morgan fingerprint density at radius 1 is 1.36 bits per heavy atom. The Labute approximate surface area is 148 Å². The van der Waals surface area contributed by atoms with Crippen LogP contribution in [0, 0.1) is 6.92 Å². The largest absolute Gasteiger partial charge is 0.366 e. The van der Waals surface area contributed by atoms with Crippen LogP contribution in [-0.4, -0.2) is 41.5 Å². The van der Waals surface area contributed by atoms with Gasteiger partial charge in [0.2, 0.25) is 0 Å². The fraction of sp³-hybridized carbons (Fsp3) is 0.474. The number of aryl methyl sites for hydroxylation is 1. The molecule has 2 aromatic rings. The van der Waals surface area contributed by atoms with Crippen LogP contribution in [0.25, 0.3) is 5.69 Å². The van der Waals surface area contributed by atoms with Crippen molar-refractivity contribution < 1.29 is 9.53 Å². The van der Waals surface area contributed by atoms with Crippen molar-refractivity contribution >= 4 is 11.7 Å². The monoisotopic (exact) mass is 342 g/mol. The van der Waals surface area contributed by atoms with E-state index in [4.69, 9.17) is 9.84 Å². The minimum absolute atomic E-state index is 0.114. The highest BCUT2D eigenvalue weighted by Crippen LogP contribution is 2.26. The normalized spacial score (nSPS) is 18.2. The molecule has 25 heavy (non-hydrogen) atoms. The van der Waals surface area contributed by atoms with Crippen LogP contribution >= 0.6 is 0 Å². The lowest BCUT2D eigenvalue weighted by Gasteiger charge is -2.22. The number of nitrogens with zero attached hydrogens (tertiary/aromatic N) is 2. The second-order valence-corrected chi connectivity index (χ2v) is 7.47. The Morgan fingerprint density at radius 3 is 2.80 bits per heavy atom. The highest BCUT2D eigenvalue weighted by molar-refractivity contribution is 5.94. The van der Waals surface area contributed by atoms with E-state index in [1.54, 1.807) is 4.68 Å². The number of nitrogens with one attached hydrogen (secondary N) is 2. The SMILES string of the molecule is Cc1cccc(-n2nc(C(C)(C)C)cc2NC(=O)C2CNCCO2)c1. The van der Waals surface area contributed by atoms with Gasteiger partial charge < -0.3 is 15.4 Å². The van der Waals surface area contributed by atoms with E-state index < -0.39 is 6.10 Å². The number of aromatic nitrogens is 2. The van der Waals surface area contributed by atoms with E-state index in [0.717, 1.165) is 23.5 Å². The molecular formula is C19H26N4O2. The predicted molar refractivity (Wildman–Crippen MR) is 98.2 cm³/mol. The minimum atomic E-state index is -0.479. The number of benzene rings is 1. The molecule has 0 spiro atoms. The van der Waals surface area contributed by atoms with Crippen LogP contribution in [-0.2, 0) is 14.9 Å². The van der Waals surface area contributed by atoms with Gasteiger partial charge in [0.05, 0.1) is 18.0 Å². The summed E-state index contributed by atoms with van der Waals surface area (Å²) in [7, 11) is 0. The molecule has 1 aliphatic heterocycles. The predicted octanol–water partition coefficient (Wildman–Crippen LogP) is 2.41.